The second kappa shape index (κ2) is 6.66. The summed E-state index contributed by atoms with van der Waals surface area (Å²) in [4.78, 5) is 22.5. The molecule has 0 aliphatic carbocycles. The number of nitrogens with one attached hydrogen (secondary N) is 2. The summed E-state index contributed by atoms with van der Waals surface area (Å²) < 4.78 is 25.9. The molecule has 1 aromatic carbocycles. The Morgan fingerprint density at radius 2 is 1.95 bits per heavy atom. The molecule has 2 amide bonds. The average Bonchev–Trinajstić information content (AvgIpc) is 2.39. The lowest BCUT2D eigenvalue weighted by molar-refractivity contribution is -0.123. The number of benzene rings is 1. The normalized spacial score (nSPS) is 12.7. The molecule has 1 unspecified atom stereocenters. The molecule has 0 saturated heterocycles. The minimum Gasteiger partial charge on any atom is -0.370 e. The van der Waals surface area contributed by atoms with Gasteiger partial charge in [0.25, 0.3) is 0 Å². The Bertz CT molecular complexity index is 657. The van der Waals surface area contributed by atoms with Gasteiger partial charge >= 0.3 is 0 Å². The van der Waals surface area contributed by atoms with Crippen LogP contribution in [-0.2, 0) is 19.6 Å². The van der Waals surface area contributed by atoms with E-state index in [-0.39, 0.29) is 17.0 Å². The van der Waals surface area contributed by atoms with Crippen molar-refractivity contribution in [3.05, 3.63) is 23.8 Å². The van der Waals surface area contributed by atoms with Crippen molar-refractivity contribution in [2.75, 3.05) is 12.4 Å². The van der Waals surface area contributed by atoms with Crippen LogP contribution in [0.2, 0.25) is 0 Å². The van der Waals surface area contributed by atoms with Gasteiger partial charge in [-0.25, -0.2) is 13.1 Å². The minimum atomic E-state index is -3.63. The first-order valence-electron chi connectivity index (χ1n) is 6.06. The summed E-state index contributed by atoms with van der Waals surface area (Å²) in [5.74, 6) is -1.31. The predicted molar refractivity (Wildman–Crippen MR) is 77.8 cm³/mol. The summed E-state index contributed by atoms with van der Waals surface area (Å²) in [6.45, 7) is 1.63. The van der Waals surface area contributed by atoms with E-state index in [0.717, 1.165) is 0 Å². The van der Waals surface area contributed by atoms with Crippen molar-refractivity contribution in [1.29, 1.82) is 0 Å². The van der Waals surface area contributed by atoms with Gasteiger partial charge < -0.3 is 16.8 Å². The van der Waals surface area contributed by atoms with Gasteiger partial charge in [-0.1, -0.05) is 6.07 Å². The van der Waals surface area contributed by atoms with Gasteiger partial charge in [0.15, 0.2) is 0 Å². The van der Waals surface area contributed by atoms with Gasteiger partial charge in [-0.2, -0.15) is 0 Å². The van der Waals surface area contributed by atoms with E-state index < -0.39 is 27.9 Å². The zero-order valence-electron chi connectivity index (χ0n) is 11.7. The maximum Gasteiger partial charge on any atom is 0.241 e. The SMILES string of the molecule is CNS(=O)(=O)c1cc(NC(=O)C(N)CC(N)=O)ccc1C. The molecule has 116 valence electrons. The van der Waals surface area contributed by atoms with E-state index in [1.165, 1.54) is 13.1 Å². The number of nitrogens with two attached hydrogens (primary N) is 2. The Kier molecular flexibility index (Phi) is 5.41. The summed E-state index contributed by atoms with van der Waals surface area (Å²) in [7, 11) is -2.34. The molecule has 6 N–H and O–H groups in total. The molecule has 9 heteroatoms. The number of primary amides is 1. The quantitative estimate of drug-likeness (QED) is 0.534. The van der Waals surface area contributed by atoms with Gasteiger partial charge in [-0.15, -0.1) is 0 Å². The second-order valence-corrected chi connectivity index (χ2v) is 6.31. The van der Waals surface area contributed by atoms with Crippen LogP contribution in [0.5, 0.6) is 0 Å². The van der Waals surface area contributed by atoms with Crippen LogP contribution in [0.25, 0.3) is 0 Å². The van der Waals surface area contributed by atoms with E-state index in [4.69, 9.17) is 11.5 Å². The molecular formula is C12H18N4O4S. The summed E-state index contributed by atoms with van der Waals surface area (Å²) in [6, 6.07) is 3.32. The Hall–Kier alpha value is -1.97. The number of carbonyl (C=O) groups excluding carboxylic acids is 2. The summed E-state index contributed by atoms with van der Waals surface area (Å²) in [6.07, 6.45) is -0.292. The number of aryl methyl sites for hydroxylation is 1. The van der Waals surface area contributed by atoms with E-state index in [1.807, 2.05) is 0 Å². The lowest BCUT2D eigenvalue weighted by atomic mass is 10.2. The second-order valence-electron chi connectivity index (χ2n) is 4.45. The number of hydrogen-bond donors (Lipinski definition) is 4. The molecule has 0 aliphatic rings. The monoisotopic (exact) mass is 314 g/mol. The molecule has 0 spiro atoms. The number of hydrogen-bond acceptors (Lipinski definition) is 5. The van der Waals surface area contributed by atoms with Crippen molar-refractivity contribution in [1.82, 2.24) is 4.72 Å². The first-order valence-corrected chi connectivity index (χ1v) is 7.54. The highest BCUT2D eigenvalue weighted by molar-refractivity contribution is 7.89. The third kappa shape index (κ3) is 4.52. The fraction of sp³-hybridized carbons (Fsp3) is 0.333. The topological polar surface area (TPSA) is 144 Å². The molecule has 0 saturated carbocycles. The highest BCUT2D eigenvalue weighted by Gasteiger charge is 2.18. The van der Waals surface area contributed by atoms with Crippen molar-refractivity contribution < 1.29 is 18.0 Å². The molecule has 8 nitrogen and oxygen atoms in total. The molecular weight excluding hydrogens is 296 g/mol. The number of rotatable bonds is 6. The molecule has 1 rings (SSSR count). The van der Waals surface area contributed by atoms with Crippen LogP contribution in [-0.4, -0.2) is 33.3 Å². The zero-order chi connectivity index (χ0) is 16.2. The van der Waals surface area contributed by atoms with Gasteiger partial charge in [0.2, 0.25) is 21.8 Å². The van der Waals surface area contributed by atoms with Crippen LogP contribution in [0.3, 0.4) is 0 Å². The minimum absolute atomic E-state index is 0.0475. The van der Waals surface area contributed by atoms with Crippen LogP contribution in [0.15, 0.2) is 23.1 Å². The van der Waals surface area contributed by atoms with Crippen LogP contribution in [0.4, 0.5) is 5.69 Å². The molecule has 0 heterocycles. The van der Waals surface area contributed by atoms with Crippen LogP contribution in [0.1, 0.15) is 12.0 Å². The molecule has 0 radical (unpaired) electrons. The first-order chi connectivity index (χ1) is 9.67. The predicted octanol–water partition coefficient (Wildman–Crippen LogP) is -0.956. The van der Waals surface area contributed by atoms with Crippen LogP contribution >= 0.6 is 0 Å². The fourth-order valence-electron chi connectivity index (χ4n) is 1.62. The Morgan fingerprint density at radius 1 is 1.33 bits per heavy atom. The van der Waals surface area contributed by atoms with E-state index >= 15 is 0 Å². The van der Waals surface area contributed by atoms with Crippen LogP contribution < -0.4 is 21.5 Å². The standard InChI is InChI=1S/C12H18N4O4S/c1-7-3-4-8(5-10(7)21(19,20)15-2)16-12(18)9(13)6-11(14)17/h3-5,9,15H,6,13H2,1-2H3,(H2,14,17)(H,16,18). The molecule has 1 aromatic rings. The third-order valence-electron chi connectivity index (χ3n) is 2.77. The van der Waals surface area contributed by atoms with Gasteiger partial charge in [0.1, 0.15) is 0 Å². The van der Waals surface area contributed by atoms with E-state index in [1.54, 1.807) is 19.1 Å². The molecule has 0 aromatic heterocycles. The maximum atomic E-state index is 11.8. The van der Waals surface area contributed by atoms with Crippen molar-refractivity contribution in [3.63, 3.8) is 0 Å². The molecule has 21 heavy (non-hydrogen) atoms. The molecule has 0 aliphatic heterocycles. The van der Waals surface area contributed by atoms with E-state index in [0.29, 0.717) is 5.56 Å². The third-order valence-corrected chi connectivity index (χ3v) is 4.33. The summed E-state index contributed by atoms with van der Waals surface area (Å²) in [5, 5.41) is 2.45. The lowest BCUT2D eigenvalue weighted by Gasteiger charge is -2.13. The smallest absolute Gasteiger partial charge is 0.241 e. The van der Waals surface area contributed by atoms with Crippen molar-refractivity contribution >= 4 is 27.5 Å². The largest absolute Gasteiger partial charge is 0.370 e. The van der Waals surface area contributed by atoms with E-state index in [9.17, 15) is 18.0 Å². The number of sulfonamides is 1. The lowest BCUT2D eigenvalue weighted by Crippen LogP contribution is -2.39. The van der Waals surface area contributed by atoms with Gasteiger partial charge in [0, 0.05) is 5.69 Å². The van der Waals surface area contributed by atoms with E-state index in [2.05, 4.69) is 10.0 Å². The Balaban J connectivity index is 2.99. The van der Waals surface area contributed by atoms with Gasteiger partial charge in [-0.05, 0) is 31.7 Å². The average molecular weight is 314 g/mol. The number of anilines is 1. The molecule has 0 bridgehead atoms. The molecule has 1 atom stereocenters. The maximum absolute atomic E-state index is 11.8. The Labute approximate surface area is 122 Å². The zero-order valence-corrected chi connectivity index (χ0v) is 12.5. The van der Waals surface area contributed by atoms with Crippen LogP contribution in [0, 0.1) is 6.92 Å². The fourth-order valence-corrected chi connectivity index (χ4v) is 2.62. The van der Waals surface area contributed by atoms with Crippen molar-refractivity contribution in [3.8, 4) is 0 Å². The first kappa shape index (κ1) is 17.1. The number of amides is 2. The summed E-state index contributed by atoms with van der Waals surface area (Å²) in [5.41, 5.74) is 11.3. The molecule has 0 fully saturated rings. The van der Waals surface area contributed by atoms with Gasteiger partial charge in [0.05, 0.1) is 17.4 Å². The van der Waals surface area contributed by atoms with Crippen molar-refractivity contribution in [2.45, 2.75) is 24.3 Å². The highest BCUT2D eigenvalue weighted by atomic mass is 32.2. The van der Waals surface area contributed by atoms with Gasteiger partial charge in [-0.3, -0.25) is 9.59 Å². The summed E-state index contributed by atoms with van der Waals surface area (Å²) >= 11 is 0. The highest BCUT2D eigenvalue weighted by Crippen LogP contribution is 2.20. The van der Waals surface area contributed by atoms with Crippen molar-refractivity contribution in [2.24, 2.45) is 11.5 Å². The Morgan fingerprint density at radius 3 is 2.48 bits per heavy atom. The number of carbonyl (C=O) groups is 2.